The van der Waals surface area contributed by atoms with Gasteiger partial charge in [-0.2, -0.15) is 0 Å². The van der Waals surface area contributed by atoms with Crippen LogP contribution in [0.5, 0.6) is 0 Å². The van der Waals surface area contributed by atoms with E-state index in [0.717, 1.165) is 19.0 Å². The van der Waals surface area contributed by atoms with Gasteiger partial charge in [-0.05, 0) is 24.3 Å². The minimum absolute atomic E-state index is 0.00594. The molecule has 0 unspecified atom stereocenters. The van der Waals surface area contributed by atoms with E-state index in [1.54, 1.807) is 0 Å². The molecule has 0 radical (unpaired) electrons. The zero-order chi connectivity index (χ0) is 13.6. The van der Waals surface area contributed by atoms with Crippen LogP contribution in [-0.4, -0.2) is 29.1 Å². The Morgan fingerprint density at radius 3 is 2.89 bits per heavy atom. The number of halogens is 1. The number of hydrogen-bond donors (Lipinski definition) is 2. The number of hydrogen-bond acceptors (Lipinski definition) is 3. The van der Waals surface area contributed by atoms with Crippen LogP contribution in [0.4, 0.5) is 4.39 Å². The topological polar surface area (TPSA) is 62.2 Å². The highest BCUT2D eigenvalue weighted by atomic mass is 19.1. The molecule has 0 aromatic carbocycles. The third-order valence-electron chi connectivity index (χ3n) is 2.76. The summed E-state index contributed by atoms with van der Waals surface area (Å²) in [5.74, 6) is -1.05. The zero-order valence-corrected chi connectivity index (χ0v) is 10.7. The lowest BCUT2D eigenvalue weighted by Gasteiger charge is -2.21. The van der Waals surface area contributed by atoms with Gasteiger partial charge >= 0.3 is 0 Å². The second-order valence-corrected chi connectivity index (χ2v) is 5.04. The molecule has 100 valence electrons. The molecule has 0 spiro atoms. The van der Waals surface area contributed by atoms with E-state index in [9.17, 15) is 9.18 Å². The van der Waals surface area contributed by atoms with Gasteiger partial charge in [0, 0.05) is 19.3 Å². The second-order valence-electron chi connectivity index (χ2n) is 5.04. The highest BCUT2D eigenvalue weighted by molar-refractivity contribution is 5.94. The van der Waals surface area contributed by atoms with Crippen molar-refractivity contribution < 1.29 is 14.3 Å². The summed E-state index contributed by atoms with van der Waals surface area (Å²) in [6, 6.07) is 1.35. The van der Waals surface area contributed by atoms with E-state index in [0.29, 0.717) is 6.54 Å². The Labute approximate surface area is 106 Å². The fraction of sp³-hybridized carbons (Fsp3) is 0.538. The van der Waals surface area contributed by atoms with Crippen molar-refractivity contribution in [3.8, 4) is 0 Å². The molecular formula is C13H19FN2O2. The van der Waals surface area contributed by atoms with E-state index in [-0.39, 0.29) is 17.6 Å². The van der Waals surface area contributed by atoms with E-state index in [1.807, 2.05) is 13.8 Å². The molecule has 0 atom stereocenters. The van der Waals surface area contributed by atoms with E-state index < -0.39 is 11.7 Å². The van der Waals surface area contributed by atoms with Crippen molar-refractivity contribution in [1.82, 2.24) is 10.3 Å². The first-order chi connectivity index (χ1) is 8.46. The molecule has 1 rings (SSSR count). The first-order valence-electron chi connectivity index (χ1n) is 5.95. The number of aliphatic hydroxyl groups excluding tert-OH is 1. The number of rotatable bonds is 6. The normalized spacial score (nSPS) is 11.3. The Bertz CT molecular complexity index is 408. The lowest BCUT2D eigenvalue weighted by atomic mass is 9.89. The van der Waals surface area contributed by atoms with E-state index >= 15 is 0 Å². The quantitative estimate of drug-likeness (QED) is 0.760. The lowest BCUT2D eigenvalue weighted by Crippen LogP contribution is -2.27. The van der Waals surface area contributed by atoms with Crippen LogP contribution in [0.3, 0.4) is 0 Å². The van der Waals surface area contributed by atoms with Crippen molar-refractivity contribution in [3.63, 3.8) is 0 Å². The molecule has 2 N–H and O–H groups in total. The standard InChI is InChI=1S/C13H19FN2O2/c1-13(2,9-17)5-3-6-16-12(18)10-4-7-15-8-11(10)14/h4,7-8,17H,3,5-6,9H2,1-2H3,(H,16,18). The van der Waals surface area contributed by atoms with Gasteiger partial charge < -0.3 is 10.4 Å². The Balaban J connectivity index is 2.37. The van der Waals surface area contributed by atoms with Crippen LogP contribution < -0.4 is 5.32 Å². The largest absolute Gasteiger partial charge is 0.396 e. The molecule has 5 heteroatoms. The molecule has 0 fully saturated rings. The average Bonchev–Trinajstić information content (AvgIpc) is 2.35. The van der Waals surface area contributed by atoms with E-state index in [2.05, 4.69) is 10.3 Å². The zero-order valence-electron chi connectivity index (χ0n) is 10.7. The lowest BCUT2D eigenvalue weighted by molar-refractivity contribution is 0.0944. The summed E-state index contributed by atoms with van der Waals surface area (Å²) in [6.45, 7) is 4.48. The molecule has 1 heterocycles. The van der Waals surface area contributed by atoms with Gasteiger partial charge in [0.1, 0.15) is 0 Å². The van der Waals surface area contributed by atoms with Gasteiger partial charge in [0.05, 0.1) is 11.8 Å². The number of nitrogens with one attached hydrogen (secondary N) is 1. The van der Waals surface area contributed by atoms with Gasteiger partial charge in [0.15, 0.2) is 5.82 Å². The maximum Gasteiger partial charge on any atom is 0.254 e. The number of aliphatic hydroxyl groups is 1. The van der Waals surface area contributed by atoms with Gasteiger partial charge in [-0.25, -0.2) is 4.39 Å². The summed E-state index contributed by atoms with van der Waals surface area (Å²) in [6.07, 6.45) is 3.94. The SMILES string of the molecule is CC(C)(CO)CCCNC(=O)c1ccncc1F. The third-order valence-corrected chi connectivity index (χ3v) is 2.76. The van der Waals surface area contributed by atoms with Crippen LogP contribution in [0.2, 0.25) is 0 Å². The molecule has 1 aromatic heterocycles. The molecule has 4 nitrogen and oxygen atoms in total. The molecule has 0 aliphatic carbocycles. The molecule has 0 saturated carbocycles. The van der Waals surface area contributed by atoms with Gasteiger partial charge in [-0.3, -0.25) is 9.78 Å². The Kier molecular flexibility index (Phi) is 5.22. The van der Waals surface area contributed by atoms with Crippen LogP contribution in [0.1, 0.15) is 37.0 Å². The monoisotopic (exact) mass is 254 g/mol. The van der Waals surface area contributed by atoms with E-state index in [1.165, 1.54) is 12.3 Å². The first kappa shape index (κ1) is 14.6. The van der Waals surface area contributed by atoms with Gasteiger partial charge in [0.2, 0.25) is 0 Å². The number of carbonyl (C=O) groups is 1. The molecule has 0 aliphatic rings. The van der Waals surface area contributed by atoms with Crippen LogP contribution in [0.25, 0.3) is 0 Å². The Morgan fingerprint density at radius 2 is 2.28 bits per heavy atom. The minimum atomic E-state index is -0.620. The number of amides is 1. The van der Waals surface area contributed by atoms with Crippen molar-refractivity contribution in [2.24, 2.45) is 5.41 Å². The van der Waals surface area contributed by atoms with Gasteiger partial charge in [0.25, 0.3) is 5.91 Å². The number of aromatic nitrogens is 1. The first-order valence-corrected chi connectivity index (χ1v) is 5.95. The second kappa shape index (κ2) is 6.44. The molecule has 1 aromatic rings. The van der Waals surface area contributed by atoms with Crippen molar-refractivity contribution in [2.75, 3.05) is 13.2 Å². The van der Waals surface area contributed by atoms with Crippen molar-refractivity contribution in [1.29, 1.82) is 0 Å². The minimum Gasteiger partial charge on any atom is -0.396 e. The molecule has 1 amide bonds. The molecule has 0 bridgehead atoms. The highest BCUT2D eigenvalue weighted by Gasteiger charge is 2.16. The van der Waals surface area contributed by atoms with Crippen LogP contribution in [-0.2, 0) is 0 Å². The fourth-order valence-electron chi connectivity index (χ4n) is 1.50. The maximum absolute atomic E-state index is 13.2. The number of nitrogens with zero attached hydrogens (tertiary/aromatic N) is 1. The van der Waals surface area contributed by atoms with Crippen molar-refractivity contribution in [3.05, 3.63) is 29.8 Å². The van der Waals surface area contributed by atoms with Crippen LogP contribution >= 0.6 is 0 Å². The van der Waals surface area contributed by atoms with Crippen LogP contribution in [0.15, 0.2) is 18.5 Å². The summed E-state index contributed by atoms with van der Waals surface area (Å²) in [7, 11) is 0. The Morgan fingerprint density at radius 1 is 1.56 bits per heavy atom. The summed E-state index contributed by atoms with van der Waals surface area (Å²) in [5.41, 5.74) is -0.140. The summed E-state index contributed by atoms with van der Waals surface area (Å²) >= 11 is 0. The van der Waals surface area contributed by atoms with E-state index in [4.69, 9.17) is 5.11 Å². The molecular weight excluding hydrogens is 235 g/mol. The van der Waals surface area contributed by atoms with Crippen LogP contribution in [0, 0.1) is 11.2 Å². The average molecular weight is 254 g/mol. The number of pyridine rings is 1. The maximum atomic E-state index is 13.2. The van der Waals surface area contributed by atoms with Crippen molar-refractivity contribution >= 4 is 5.91 Å². The summed E-state index contributed by atoms with van der Waals surface area (Å²) in [4.78, 5) is 15.2. The number of carbonyl (C=O) groups excluding carboxylic acids is 1. The summed E-state index contributed by atoms with van der Waals surface area (Å²) < 4.78 is 13.2. The van der Waals surface area contributed by atoms with Gasteiger partial charge in [-0.1, -0.05) is 13.8 Å². The fourth-order valence-corrected chi connectivity index (χ4v) is 1.50. The predicted octanol–water partition coefficient (Wildman–Crippen LogP) is 1.75. The molecule has 0 saturated heterocycles. The van der Waals surface area contributed by atoms with Gasteiger partial charge in [-0.15, -0.1) is 0 Å². The molecule has 18 heavy (non-hydrogen) atoms. The predicted molar refractivity (Wildman–Crippen MR) is 66.6 cm³/mol. The molecule has 0 aliphatic heterocycles. The smallest absolute Gasteiger partial charge is 0.254 e. The highest BCUT2D eigenvalue weighted by Crippen LogP contribution is 2.20. The van der Waals surface area contributed by atoms with Crippen molar-refractivity contribution in [2.45, 2.75) is 26.7 Å². The Hall–Kier alpha value is -1.49. The third kappa shape index (κ3) is 4.41. The summed E-state index contributed by atoms with van der Waals surface area (Å²) in [5, 5.41) is 11.7.